The third-order valence-electron chi connectivity index (χ3n) is 9.19. The number of esters is 1. The number of ether oxygens (including phenoxy) is 2. The summed E-state index contributed by atoms with van der Waals surface area (Å²) in [5, 5.41) is 12.7. The highest BCUT2D eigenvalue weighted by Crippen LogP contribution is 2.46. The van der Waals surface area contributed by atoms with E-state index in [0.717, 1.165) is 68.7 Å². The molecule has 2 bridgehead atoms. The van der Waals surface area contributed by atoms with E-state index in [0.29, 0.717) is 24.5 Å². The van der Waals surface area contributed by atoms with E-state index in [-0.39, 0.29) is 11.3 Å². The van der Waals surface area contributed by atoms with Crippen LogP contribution in [0.3, 0.4) is 0 Å². The van der Waals surface area contributed by atoms with Crippen molar-refractivity contribution in [3.8, 4) is 5.75 Å². The van der Waals surface area contributed by atoms with Gasteiger partial charge in [-0.1, -0.05) is 42.3 Å². The molecule has 2 aromatic carbocycles. The zero-order valence-corrected chi connectivity index (χ0v) is 25.1. The first-order valence-electron chi connectivity index (χ1n) is 14.7. The number of amides is 1. The predicted molar refractivity (Wildman–Crippen MR) is 161 cm³/mol. The fraction of sp³-hybridized carbons (Fsp3) is 0.515. The van der Waals surface area contributed by atoms with Gasteiger partial charge in [0.05, 0.1) is 25.3 Å². The Labute approximate surface area is 248 Å². The van der Waals surface area contributed by atoms with E-state index in [9.17, 15) is 14.7 Å². The Morgan fingerprint density at radius 2 is 1.95 bits per heavy atom. The van der Waals surface area contributed by atoms with Gasteiger partial charge in [-0.15, -0.1) is 0 Å². The predicted octanol–water partition coefficient (Wildman–Crippen LogP) is 5.40. The number of fused-ring (bicyclic) bond motifs is 3. The quantitative estimate of drug-likeness (QED) is 0.359. The zero-order valence-electron chi connectivity index (χ0n) is 24.3. The second-order valence-corrected chi connectivity index (χ2v) is 12.3. The van der Waals surface area contributed by atoms with Crippen LogP contribution in [-0.2, 0) is 31.8 Å². The van der Waals surface area contributed by atoms with Crippen LogP contribution in [0, 0.1) is 5.92 Å². The molecule has 220 valence electrons. The number of carbonyl (C=O) groups excluding carboxylic acids is 2. The van der Waals surface area contributed by atoms with Gasteiger partial charge < -0.3 is 24.4 Å². The van der Waals surface area contributed by atoms with E-state index < -0.39 is 17.5 Å². The topological polar surface area (TPSA) is 79.3 Å². The Morgan fingerprint density at radius 3 is 2.76 bits per heavy atom. The molecule has 3 atom stereocenters. The number of halogens is 1. The summed E-state index contributed by atoms with van der Waals surface area (Å²) < 4.78 is 11.6. The van der Waals surface area contributed by atoms with Gasteiger partial charge in [-0.3, -0.25) is 4.79 Å². The maximum atomic E-state index is 13.4. The van der Waals surface area contributed by atoms with Crippen LogP contribution in [0.2, 0.25) is 5.02 Å². The van der Waals surface area contributed by atoms with Crippen LogP contribution in [0.25, 0.3) is 0 Å². The Morgan fingerprint density at radius 1 is 1.12 bits per heavy atom. The fourth-order valence-electron chi connectivity index (χ4n) is 6.78. The van der Waals surface area contributed by atoms with Gasteiger partial charge >= 0.3 is 5.97 Å². The van der Waals surface area contributed by atoms with Gasteiger partial charge in [0, 0.05) is 37.1 Å². The summed E-state index contributed by atoms with van der Waals surface area (Å²) >= 11 is 6.38. The highest BCUT2D eigenvalue weighted by molar-refractivity contribution is 6.30. The van der Waals surface area contributed by atoms with Crippen molar-refractivity contribution in [2.24, 2.45) is 5.92 Å². The van der Waals surface area contributed by atoms with Crippen LogP contribution in [0.1, 0.15) is 62.1 Å². The van der Waals surface area contributed by atoms with Crippen molar-refractivity contribution >= 4 is 29.2 Å². The maximum absolute atomic E-state index is 13.4. The minimum absolute atomic E-state index is 0.217. The van der Waals surface area contributed by atoms with Crippen LogP contribution >= 0.6 is 11.6 Å². The monoisotopic (exact) mass is 580 g/mol. The molecule has 0 radical (unpaired) electrons. The number of carbonyl (C=O) groups is 2. The van der Waals surface area contributed by atoms with E-state index >= 15 is 0 Å². The largest absolute Gasteiger partial charge is 0.490 e. The van der Waals surface area contributed by atoms with E-state index in [4.69, 9.17) is 21.1 Å². The highest BCUT2D eigenvalue weighted by atomic mass is 35.5. The Balaban J connectivity index is 1.61. The molecule has 0 saturated heterocycles. The van der Waals surface area contributed by atoms with Crippen LogP contribution in [-0.4, -0.2) is 62.3 Å². The summed E-state index contributed by atoms with van der Waals surface area (Å²) in [6, 6.07) is 11.5. The lowest BCUT2D eigenvalue weighted by atomic mass is 9.70. The van der Waals surface area contributed by atoms with E-state index in [1.807, 2.05) is 24.3 Å². The molecule has 0 saturated carbocycles. The molecule has 3 aliphatic rings. The number of allylic oxidation sites excluding steroid dienone is 1. The van der Waals surface area contributed by atoms with Gasteiger partial charge in [-0.2, -0.15) is 0 Å². The van der Waals surface area contributed by atoms with Gasteiger partial charge in [-0.05, 0) is 86.4 Å². The van der Waals surface area contributed by atoms with E-state index in [2.05, 4.69) is 23.1 Å². The number of methoxy groups -OCH3 is 1. The van der Waals surface area contributed by atoms with Crippen LogP contribution in [0.15, 0.2) is 48.6 Å². The average Bonchev–Trinajstić information content (AvgIpc) is 3.13. The van der Waals surface area contributed by atoms with Crippen molar-refractivity contribution in [2.45, 2.75) is 62.9 Å². The lowest BCUT2D eigenvalue weighted by Crippen LogP contribution is -2.50. The SMILES string of the molecule is COC(=O)[C@]1(O)c2ccc3c(c2)N(CCCCC/C=C/CN(C)C(=O)[C@H]1C)C[C@@]1(CCCc2cc(Cl)ccc21)CO3. The molecule has 1 spiro atoms. The Kier molecular flexibility index (Phi) is 8.67. The minimum Gasteiger partial charge on any atom is -0.490 e. The lowest BCUT2D eigenvalue weighted by molar-refractivity contribution is -0.175. The first kappa shape index (κ1) is 29.5. The molecule has 5 rings (SSSR count). The van der Waals surface area contributed by atoms with Crippen molar-refractivity contribution in [3.63, 3.8) is 0 Å². The summed E-state index contributed by atoms with van der Waals surface area (Å²) in [4.78, 5) is 30.5. The molecule has 0 aromatic heterocycles. The Bertz CT molecular complexity index is 1330. The van der Waals surface area contributed by atoms with Gasteiger partial charge in [-0.25, -0.2) is 4.79 Å². The molecule has 2 aromatic rings. The van der Waals surface area contributed by atoms with Crippen LogP contribution in [0.5, 0.6) is 5.75 Å². The maximum Gasteiger partial charge on any atom is 0.343 e. The molecule has 2 aliphatic heterocycles. The standard InChI is InChI=1S/C33H41ClN2O5/c1-23-30(37)35(2)17-8-6-4-5-7-9-18-36-21-32(16-10-11-24-19-26(34)13-14-27(24)32)22-41-29-15-12-25(20-28(29)36)33(23,39)31(38)40-3/h6,8,12-15,19-20,23,39H,4-5,7,9-11,16-18,21-22H2,1-3H3/b8-6+/t23-,32+,33-/m1/s1. The van der Waals surface area contributed by atoms with Gasteiger partial charge in [0.25, 0.3) is 0 Å². The number of benzene rings is 2. The second-order valence-electron chi connectivity index (χ2n) is 11.8. The van der Waals surface area contributed by atoms with E-state index in [1.165, 1.54) is 23.1 Å². The molecule has 2 heterocycles. The van der Waals surface area contributed by atoms with Crippen molar-refractivity contribution in [3.05, 3.63) is 70.3 Å². The molecule has 0 fully saturated rings. The number of likely N-dealkylation sites (N-methyl/N-ethyl adjacent to an activating group) is 1. The van der Waals surface area contributed by atoms with Crippen LogP contribution < -0.4 is 9.64 Å². The average molecular weight is 581 g/mol. The summed E-state index contributed by atoms with van der Waals surface area (Å²) in [6.45, 7) is 4.06. The first-order valence-corrected chi connectivity index (χ1v) is 15.1. The summed E-state index contributed by atoms with van der Waals surface area (Å²) in [5.41, 5.74) is 1.32. The number of hydrogen-bond donors (Lipinski definition) is 1. The van der Waals surface area contributed by atoms with Crippen molar-refractivity contribution < 1.29 is 24.2 Å². The van der Waals surface area contributed by atoms with Crippen molar-refractivity contribution in [1.82, 2.24) is 4.90 Å². The second kappa shape index (κ2) is 12.1. The number of hydrogen-bond acceptors (Lipinski definition) is 6. The van der Waals surface area contributed by atoms with Gasteiger partial charge in [0.1, 0.15) is 5.75 Å². The minimum atomic E-state index is -2.17. The summed E-state index contributed by atoms with van der Waals surface area (Å²) in [6.07, 6.45) is 11.2. The molecule has 0 unspecified atom stereocenters. The molecule has 1 amide bonds. The molecule has 41 heavy (non-hydrogen) atoms. The molecular weight excluding hydrogens is 540 g/mol. The summed E-state index contributed by atoms with van der Waals surface area (Å²) in [7, 11) is 2.92. The Hall–Kier alpha value is -3.03. The molecule has 7 nitrogen and oxygen atoms in total. The lowest BCUT2D eigenvalue weighted by Gasteiger charge is -2.41. The number of rotatable bonds is 1. The molecule has 1 aliphatic carbocycles. The first-order chi connectivity index (χ1) is 19.7. The molecule has 8 heteroatoms. The van der Waals surface area contributed by atoms with Crippen molar-refractivity contribution in [1.29, 1.82) is 0 Å². The fourth-order valence-corrected chi connectivity index (χ4v) is 6.97. The van der Waals surface area contributed by atoms with Gasteiger partial charge in [0.2, 0.25) is 5.91 Å². The highest BCUT2D eigenvalue weighted by Gasteiger charge is 2.50. The van der Waals surface area contributed by atoms with Gasteiger partial charge in [0.15, 0.2) is 5.60 Å². The third-order valence-corrected chi connectivity index (χ3v) is 9.43. The third kappa shape index (κ3) is 5.59. The van der Waals surface area contributed by atoms with Crippen molar-refractivity contribution in [2.75, 3.05) is 45.3 Å². The number of aryl methyl sites for hydroxylation is 1. The number of nitrogens with zero attached hydrogens (tertiary/aromatic N) is 2. The van der Waals surface area contributed by atoms with E-state index in [1.54, 1.807) is 20.0 Å². The number of anilines is 1. The zero-order chi connectivity index (χ0) is 29.2. The number of aliphatic hydroxyl groups is 1. The van der Waals surface area contributed by atoms with Crippen LogP contribution in [0.4, 0.5) is 5.69 Å². The normalized spacial score (nSPS) is 27.9. The molecular formula is C33H41ClN2O5. The summed E-state index contributed by atoms with van der Waals surface area (Å²) in [5.74, 6) is -1.56. The molecule has 1 N–H and O–H groups in total. The smallest absolute Gasteiger partial charge is 0.343 e.